The Morgan fingerprint density at radius 1 is 1.36 bits per heavy atom. The number of aliphatic hydroxyl groups excluding tert-OH is 1. The van der Waals surface area contributed by atoms with E-state index in [0.29, 0.717) is 24.2 Å². The Balaban J connectivity index is 1.83. The van der Waals surface area contributed by atoms with Gasteiger partial charge in [-0.2, -0.15) is 0 Å². The van der Waals surface area contributed by atoms with Gasteiger partial charge >= 0.3 is 0 Å². The fourth-order valence-corrected chi connectivity index (χ4v) is 2.74. The molecule has 1 amide bonds. The van der Waals surface area contributed by atoms with E-state index in [9.17, 15) is 4.79 Å². The Morgan fingerprint density at radius 2 is 2.20 bits per heavy atom. The van der Waals surface area contributed by atoms with Crippen molar-refractivity contribution in [3.05, 3.63) is 47.9 Å². The van der Waals surface area contributed by atoms with Crippen LogP contribution in [-0.2, 0) is 0 Å². The quantitative estimate of drug-likeness (QED) is 0.717. The number of aromatic nitrogens is 4. The number of rotatable bonds is 6. The molecule has 0 spiro atoms. The molecule has 3 rings (SSSR count). The van der Waals surface area contributed by atoms with Gasteiger partial charge in [0.2, 0.25) is 0 Å². The second-order valence-corrected chi connectivity index (χ2v) is 6.06. The number of pyridine rings is 1. The van der Waals surface area contributed by atoms with Gasteiger partial charge in [-0.25, -0.2) is 4.68 Å². The first-order valence-electron chi connectivity index (χ1n) is 8.29. The highest BCUT2D eigenvalue weighted by atomic mass is 16.3. The van der Waals surface area contributed by atoms with Crippen LogP contribution in [0.25, 0.3) is 16.6 Å². The molecule has 2 heterocycles. The first kappa shape index (κ1) is 17.0. The van der Waals surface area contributed by atoms with E-state index >= 15 is 0 Å². The van der Waals surface area contributed by atoms with Crippen LogP contribution in [0, 0.1) is 6.92 Å². The molecule has 25 heavy (non-hydrogen) atoms. The van der Waals surface area contributed by atoms with E-state index in [0.717, 1.165) is 16.6 Å². The zero-order valence-electron chi connectivity index (χ0n) is 14.3. The fraction of sp³-hybridized carbons (Fsp3) is 0.333. The zero-order valence-corrected chi connectivity index (χ0v) is 14.3. The third kappa shape index (κ3) is 3.66. The minimum absolute atomic E-state index is 0.0315. The molecule has 3 aromatic rings. The number of fused-ring (bicyclic) bond motifs is 1. The summed E-state index contributed by atoms with van der Waals surface area (Å²) < 4.78 is 1.65. The lowest BCUT2D eigenvalue weighted by atomic mass is 10.2. The standard InChI is InChI=1S/C18H21N5O2/c1-12(5-4-10-24)20-18(25)17-13(2)23(22-21-17)15-7-8-16-14(11-15)6-3-9-19-16/h3,6-9,11-12,24H,4-5,10H2,1-2H3,(H,20,25). The van der Waals surface area contributed by atoms with Gasteiger partial charge in [0, 0.05) is 24.2 Å². The molecule has 0 saturated heterocycles. The average Bonchev–Trinajstić information content (AvgIpc) is 3.01. The highest BCUT2D eigenvalue weighted by Gasteiger charge is 2.19. The SMILES string of the molecule is Cc1c(C(=O)NC(C)CCCO)nnn1-c1ccc2ncccc2c1. The van der Waals surface area contributed by atoms with Crippen LogP contribution in [0.5, 0.6) is 0 Å². The summed E-state index contributed by atoms with van der Waals surface area (Å²) in [5.41, 5.74) is 2.72. The van der Waals surface area contributed by atoms with Crippen molar-refractivity contribution in [1.29, 1.82) is 0 Å². The van der Waals surface area contributed by atoms with Crippen molar-refractivity contribution < 1.29 is 9.90 Å². The lowest BCUT2D eigenvalue weighted by Gasteiger charge is -2.12. The molecule has 1 atom stereocenters. The number of nitrogens with one attached hydrogen (secondary N) is 1. The molecule has 1 aromatic carbocycles. The number of carbonyl (C=O) groups excluding carboxylic acids is 1. The first-order valence-corrected chi connectivity index (χ1v) is 8.29. The van der Waals surface area contributed by atoms with E-state index in [1.165, 1.54) is 0 Å². The van der Waals surface area contributed by atoms with Gasteiger partial charge in [-0.05, 0) is 51.0 Å². The van der Waals surface area contributed by atoms with Crippen LogP contribution in [0.1, 0.15) is 35.9 Å². The van der Waals surface area contributed by atoms with E-state index in [1.54, 1.807) is 10.9 Å². The maximum atomic E-state index is 12.4. The molecule has 7 nitrogen and oxygen atoms in total. The summed E-state index contributed by atoms with van der Waals surface area (Å²) in [6.07, 6.45) is 3.12. The lowest BCUT2D eigenvalue weighted by Crippen LogP contribution is -2.33. The van der Waals surface area contributed by atoms with E-state index < -0.39 is 0 Å². The number of amides is 1. The van der Waals surface area contributed by atoms with Gasteiger partial charge in [-0.3, -0.25) is 9.78 Å². The van der Waals surface area contributed by atoms with Crippen molar-refractivity contribution in [3.63, 3.8) is 0 Å². The van der Waals surface area contributed by atoms with Crippen molar-refractivity contribution in [2.45, 2.75) is 32.7 Å². The van der Waals surface area contributed by atoms with Crippen LogP contribution in [-0.4, -0.2) is 43.6 Å². The Labute approximate surface area is 145 Å². The zero-order chi connectivity index (χ0) is 17.8. The summed E-state index contributed by atoms with van der Waals surface area (Å²) in [4.78, 5) is 16.7. The van der Waals surface area contributed by atoms with Crippen LogP contribution >= 0.6 is 0 Å². The number of hydrogen-bond donors (Lipinski definition) is 2. The fourth-order valence-electron chi connectivity index (χ4n) is 2.74. The molecule has 2 N–H and O–H groups in total. The molecule has 0 bridgehead atoms. The topological polar surface area (TPSA) is 92.9 Å². The molecular formula is C18H21N5O2. The van der Waals surface area contributed by atoms with Crippen LogP contribution in [0.2, 0.25) is 0 Å². The Bertz CT molecular complexity index is 890. The summed E-state index contributed by atoms with van der Waals surface area (Å²) in [5.74, 6) is -0.253. The second-order valence-electron chi connectivity index (χ2n) is 6.06. The molecule has 0 saturated carbocycles. The van der Waals surface area contributed by atoms with Crippen molar-refractivity contribution in [2.75, 3.05) is 6.61 Å². The highest BCUT2D eigenvalue weighted by Crippen LogP contribution is 2.18. The molecule has 0 fully saturated rings. The van der Waals surface area contributed by atoms with E-state index in [2.05, 4.69) is 20.6 Å². The third-order valence-electron chi connectivity index (χ3n) is 4.11. The van der Waals surface area contributed by atoms with E-state index in [-0.39, 0.29) is 18.6 Å². The minimum Gasteiger partial charge on any atom is -0.396 e. The number of aliphatic hydroxyl groups is 1. The monoisotopic (exact) mass is 339 g/mol. The summed E-state index contributed by atoms with van der Waals surface area (Å²) >= 11 is 0. The molecular weight excluding hydrogens is 318 g/mol. The third-order valence-corrected chi connectivity index (χ3v) is 4.11. The van der Waals surface area contributed by atoms with Gasteiger partial charge in [-0.1, -0.05) is 11.3 Å². The van der Waals surface area contributed by atoms with Crippen molar-refractivity contribution in [2.24, 2.45) is 0 Å². The van der Waals surface area contributed by atoms with Gasteiger partial charge in [-0.15, -0.1) is 5.10 Å². The molecule has 0 aliphatic rings. The van der Waals surface area contributed by atoms with E-state index in [4.69, 9.17) is 5.11 Å². The maximum absolute atomic E-state index is 12.4. The van der Waals surface area contributed by atoms with Crippen LogP contribution in [0.15, 0.2) is 36.5 Å². The molecule has 0 aliphatic heterocycles. The average molecular weight is 339 g/mol. The predicted molar refractivity (Wildman–Crippen MR) is 94.6 cm³/mol. The molecule has 2 aromatic heterocycles. The van der Waals surface area contributed by atoms with Gasteiger partial charge in [0.1, 0.15) is 0 Å². The van der Waals surface area contributed by atoms with Gasteiger partial charge in [0.25, 0.3) is 5.91 Å². The Hall–Kier alpha value is -2.80. The van der Waals surface area contributed by atoms with Crippen molar-refractivity contribution in [1.82, 2.24) is 25.3 Å². The number of hydrogen-bond acceptors (Lipinski definition) is 5. The van der Waals surface area contributed by atoms with Crippen molar-refractivity contribution >= 4 is 16.8 Å². The van der Waals surface area contributed by atoms with Crippen LogP contribution < -0.4 is 5.32 Å². The molecule has 0 radical (unpaired) electrons. The number of benzene rings is 1. The summed E-state index contributed by atoms with van der Waals surface area (Å²) in [6.45, 7) is 3.84. The molecule has 130 valence electrons. The summed E-state index contributed by atoms with van der Waals surface area (Å²) in [6, 6.07) is 9.62. The number of carbonyl (C=O) groups is 1. The van der Waals surface area contributed by atoms with Gasteiger partial charge < -0.3 is 10.4 Å². The Morgan fingerprint density at radius 3 is 3.00 bits per heavy atom. The largest absolute Gasteiger partial charge is 0.396 e. The van der Waals surface area contributed by atoms with Crippen molar-refractivity contribution in [3.8, 4) is 5.69 Å². The molecule has 0 aliphatic carbocycles. The van der Waals surface area contributed by atoms with Crippen LogP contribution in [0.3, 0.4) is 0 Å². The maximum Gasteiger partial charge on any atom is 0.273 e. The smallest absolute Gasteiger partial charge is 0.273 e. The summed E-state index contributed by atoms with van der Waals surface area (Å²) in [7, 11) is 0. The molecule has 1 unspecified atom stereocenters. The van der Waals surface area contributed by atoms with E-state index in [1.807, 2.05) is 44.2 Å². The first-order chi connectivity index (χ1) is 12.1. The normalized spacial score (nSPS) is 12.3. The lowest BCUT2D eigenvalue weighted by molar-refractivity contribution is 0.0930. The van der Waals surface area contributed by atoms with Crippen LogP contribution in [0.4, 0.5) is 0 Å². The van der Waals surface area contributed by atoms with Gasteiger partial charge in [0.05, 0.1) is 16.9 Å². The van der Waals surface area contributed by atoms with Gasteiger partial charge in [0.15, 0.2) is 5.69 Å². The molecule has 7 heteroatoms. The highest BCUT2D eigenvalue weighted by molar-refractivity contribution is 5.93. The summed E-state index contributed by atoms with van der Waals surface area (Å²) in [5, 5.41) is 20.9. The second kappa shape index (κ2) is 7.40. The minimum atomic E-state index is -0.253. The Kier molecular flexibility index (Phi) is 5.04. The number of nitrogens with zero attached hydrogens (tertiary/aromatic N) is 4. The predicted octanol–water partition coefficient (Wildman–Crippen LogP) is 2.01.